The number of phenolic OH excluding ortho intramolecular Hbond substituents is 1. The number of para-hydroxylation sites is 1. The fraction of sp³-hybridized carbons (Fsp3) is 0.444. The molecule has 2 aromatic rings. The van der Waals surface area contributed by atoms with Gasteiger partial charge < -0.3 is 20.1 Å². The Labute approximate surface area is 201 Å². The number of alkyl carbamates (subject to hydrolysis) is 1. The monoisotopic (exact) mass is 466 g/mol. The number of rotatable bonds is 5. The number of ether oxygens (including phenoxy) is 1. The number of anilines is 1. The molecule has 7 nitrogen and oxygen atoms in total. The van der Waals surface area contributed by atoms with Gasteiger partial charge in [-0.3, -0.25) is 9.59 Å². The van der Waals surface area contributed by atoms with Crippen molar-refractivity contribution in [1.29, 1.82) is 0 Å². The number of carbonyl (C=O) groups excluding carboxylic acids is 3. The molecule has 2 aromatic carbocycles. The van der Waals surface area contributed by atoms with E-state index < -0.39 is 23.2 Å². The highest BCUT2D eigenvalue weighted by Gasteiger charge is 2.34. The van der Waals surface area contributed by atoms with E-state index in [1.54, 1.807) is 52.5 Å². The minimum absolute atomic E-state index is 0.0344. The summed E-state index contributed by atoms with van der Waals surface area (Å²) in [5.74, 6) is -0.473. The normalized spacial score (nSPS) is 14.4. The molecular weight excluding hydrogens is 432 g/mol. The summed E-state index contributed by atoms with van der Waals surface area (Å²) >= 11 is 0. The number of carbonyl (C=O) groups is 3. The van der Waals surface area contributed by atoms with Crippen molar-refractivity contribution >= 4 is 23.5 Å². The molecule has 2 amide bonds. The van der Waals surface area contributed by atoms with Crippen LogP contribution in [0.3, 0.4) is 0 Å². The molecule has 1 aliphatic heterocycles. The van der Waals surface area contributed by atoms with Crippen molar-refractivity contribution in [3.05, 3.63) is 59.2 Å². The SMILES string of the molecule is CC(C)(C)OC(=O)N[C@@H](Cc1ccc(O)cc1C(=O)C(C)(C)C)C(=O)N1CCc2ccccc21. The Hall–Kier alpha value is -3.35. The van der Waals surface area contributed by atoms with Crippen LogP contribution in [0.2, 0.25) is 0 Å². The number of fused-ring (bicyclic) bond motifs is 1. The minimum atomic E-state index is -0.961. The number of nitrogens with one attached hydrogen (secondary N) is 1. The number of hydrogen-bond donors (Lipinski definition) is 2. The summed E-state index contributed by atoms with van der Waals surface area (Å²) in [7, 11) is 0. The molecule has 0 saturated carbocycles. The van der Waals surface area contributed by atoms with Gasteiger partial charge in [-0.2, -0.15) is 0 Å². The number of aromatic hydroxyl groups is 1. The summed E-state index contributed by atoms with van der Waals surface area (Å²) in [6, 6.07) is 11.3. The summed E-state index contributed by atoms with van der Waals surface area (Å²) in [6.45, 7) is 11.2. The second kappa shape index (κ2) is 9.49. The fourth-order valence-corrected chi connectivity index (χ4v) is 3.98. The number of ketones is 1. The van der Waals surface area contributed by atoms with E-state index in [0.717, 1.165) is 17.7 Å². The maximum Gasteiger partial charge on any atom is 0.408 e. The molecule has 3 rings (SSSR count). The molecule has 0 aromatic heterocycles. The molecule has 182 valence electrons. The van der Waals surface area contributed by atoms with Gasteiger partial charge in [0.25, 0.3) is 0 Å². The van der Waals surface area contributed by atoms with Crippen LogP contribution < -0.4 is 10.2 Å². The van der Waals surface area contributed by atoms with Gasteiger partial charge in [0.15, 0.2) is 5.78 Å². The van der Waals surface area contributed by atoms with Crippen LogP contribution in [-0.2, 0) is 22.4 Å². The molecule has 0 saturated heterocycles. The van der Waals surface area contributed by atoms with Crippen molar-refractivity contribution in [3.63, 3.8) is 0 Å². The zero-order valence-corrected chi connectivity index (χ0v) is 20.8. The smallest absolute Gasteiger partial charge is 0.408 e. The third-order valence-corrected chi connectivity index (χ3v) is 5.59. The van der Waals surface area contributed by atoms with E-state index in [2.05, 4.69) is 5.32 Å². The van der Waals surface area contributed by atoms with Gasteiger partial charge in [-0.1, -0.05) is 45.0 Å². The van der Waals surface area contributed by atoms with Crippen LogP contribution >= 0.6 is 0 Å². The van der Waals surface area contributed by atoms with E-state index in [4.69, 9.17) is 4.74 Å². The molecule has 1 aliphatic rings. The largest absolute Gasteiger partial charge is 0.508 e. The topological polar surface area (TPSA) is 95.9 Å². The second-order valence-electron chi connectivity index (χ2n) is 10.7. The summed E-state index contributed by atoms with van der Waals surface area (Å²) in [4.78, 5) is 41.1. The molecule has 2 N–H and O–H groups in total. The summed E-state index contributed by atoms with van der Waals surface area (Å²) in [5.41, 5.74) is 1.37. The lowest BCUT2D eigenvalue weighted by molar-refractivity contribution is -0.120. The Bertz CT molecular complexity index is 1090. The van der Waals surface area contributed by atoms with E-state index in [0.29, 0.717) is 17.7 Å². The molecule has 0 spiro atoms. The molecule has 1 atom stereocenters. The lowest BCUT2D eigenvalue weighted by atomic mass is 9.83. The lowest BCUT2D eigenvalue weighted by Crippen LogP contribution is -2.50. The van der Waals surface area contributed by atoms with Gasteiger partial charge in [-0.25, -0.2) is 4.79 Å². The first-order chi connectivity index (χ1) is 15.8. The highest BCUT2D eigenvalue weighted by Crippen LogP contribution is 2.30. The molecule has 1 heterocycles. The van der Waals surface area contributed by atoms with Gasteiger partial charge in [0.2, 0.25) is 5.91 Å². The van der Waals surface area contributed by atoms with E-state index in [1.807, 2.05) is 24.3 Å². The zero-order chi connectivity index (χ0) is 25.3. The molecule has 0 aliphatic carbocycles. The predicted molar refractivity (Wildman–Crippen MR) is 131 cm³/mol. The van der Waals surface area contributed by atoms with Crippen molar-refractivity contribution in [2.45, 2.75) is 66.0 Å². The first kappa shape index (κ1) is 25.3. The predicted octanol–water partition coefficient (Wildman–Crippen LogP) is 4.65. The first-order valence-electron chi connectivity index (χ1n) is 11.5. The molecule has 0 bridgehead atoms. The Morgan fingerprint density at radius 3 is 2.38 bits per heavy atom. The second-order valence-corrected chi connectivity index (χ2v) is 10.7. The van der Waals surface area contributed by atoms with Crippen LogP contribution in [-0.4, -0.2) is 41.1 Å². The summed E-state index contributed by atoms with van der Waals surface area (Å²) in [6.07, 6.45) is 0.100. The van der Waals surface area contributed by atoms with Crippen LogP contribution in [0.15, 0.2) is 42.5 Å². The van der Waals surface area contributed by atoms with E-state index in [1.165, 1.54) is 12.1 Å². The Morgan fingerprint density at radius 1 is 1.06 bits per heavy atom. The third kappa shape index (κ3) is 5.95. The molecule has 0 radical (unpaired) electrons. The Morgan fingerprint density at radius 2 is 1.74 bits per heavy atom. The molecule has 34 heavy (non-hydrogen) atoms. The summed E-state index contributed by atoms with van der Waals surface area (Å²) in [5, 5.41) is 12.8. The molecular formula is C27H34N2O5. The fourth-order valence-electron chi connectivity index (χ4n) is 3.98. The highest BCUT2D eigenvalue weighted by atomic mass is 16.6. The number of benzene rings is 2. The van der Waals surface area contributed by atoms with Crippen LogP contribution in [0.5, 0.6) is 5.75 Å². The number of hydrogen-bond acceptors (Lipinski definition) is 5. The van der Waals surface area contributed by atoms with E-state index >= 15 is 0 Å². The average Bonchev–Trinajstić information content (AvgIpc) is 3.15. The minimum Gasteiger partial charge on any atom is -0.508 e. The molecule has 0 fully saturated rings. The number of Topliss-reactive ketones (excluding diaryl/α,β-unsaturated/α-hetero) is 1. The quantitative estimate of drug-likeness (QED) is 0.626. The number of amides is 2. The van der Waals surface area contributed by atoms with Gasteiger partial charge in [-0.15, -0.1) is 0 Å². The van der Waals surface area contributed by atoms with E-state index in [-0.39, 0.29) is 23.9 Å². The van der Waals surface area contributed by atoms with Crippen LogP contribution in [0.4, 0.5) is 10.5 Å². The Balaban J connectivity index is 1.96. The van der Waals surface area contributed by atoms with Gasteiger partial charge in [0.05, 0.1) is 0 Å². The lowest BCUT2D eigenvalue weighted by Gasteiger charge is -2.28. The maximum absolute atomic E-state index is 13.7. The molecule has 7 heteroatoms. The highest BCUT2D eigenvalue weighted by molar-refractivity contribution is 6.03. The van der Waals surface area contributed by atoms with Crippen LogP contribution in [0.1, 0.15) is 63.0 Å². The third-order valence-electron chi connectivity index (χ3n) is 5.59. The van der Waals surface area contributed by atoms with Crippen LogP contribution in [0, 0.1) is 5.41 Å². The van der Waals surface area contributed by atoms with Crippen molar-refractivity contribution < 1.29 is 24.2 Å². The number of phenols is 1. The van der Waals surface area contributed by atoms with Crippen molar-refractivity contribution in [1.82, 2.24) is 5.32 Å². The van der Waals surface area contributed by atoms with E-state index in [9.17, 15) is 19.5 Å². The Kier molecular flexibility index (Phi) is 7.05. The first-order valence-corrected chi connectivity index (χ1v) is 11.5. The maximum atomic E-state index is 13.7. The standard InChI is InChI=1S/C27H34N2O5/c1-26(2,3)23(31)20-16-19(30)12-11-18(20)15-21(28-25(33)34-27(4,5)6)24(32)29-14-13-17-9-7-8-10-22(17)29/h7-12,16,21,30H,13-15H2,1-6H3,(H,28,33)/t21-/m0/s1. The summed E-state index contributed by atoms with van der Waals surface area (Å²) < 4.78 is 5.41. The van der Waals surface area contributed by atoms with Gasteiger partial charge in [0.1, 0.15) is 17.4 Å². The van der Waals surface area contributed by atoms with Gasteiger partial charge in [-0.05, 0) is 56.5 Å². The van der Waals surface area contributed by atoms with Crippen molar-refractivity contribution in [2.24, 2.45) is 5.41 Å². The van der Waals surface area contributed by atoms with Gasteiger partial charge in [0, 0.05) is 29.6 Å². The molecule has 0 unspecified atom stereocenters. The number of nitrogens with zero attached hydrogens (tertiary/aromatic N) is 1. The van der Waals surface area contributed by atoms with Gasteiger partial charge >= 0.3 is 6.09 Å². The van der Waals surface area contributed by atoms with Crippen molar-refractivity contribution in [3.8, 4) is 5.75 Å². The van der Waals surface area contributed by atoms with Crippen molar-refractivity contribution in [2.75, 3.05) is 11.4 Å². The zero-order valence-electron chi connectivity index (χ0n) is 20.8. The average molecular weight is 467 g/mol. The van der Waals surface area contributed by atoms with Crippen LogP contribution in [0.25, 0.3) is 0 Å².